The van der Waals surface area contributed by atoms with Gasteiger partial charge in [-0.1, -0.05) is 0 Å². The molecule has 2 heterocycles. The first-order valence-electron chi connectivity index (χ1n) is 6.13. The van der Waals surface area contributed by atoms with Crippen molar-refractivity contribution in [1.29, 1.82) is 5.41 Å². The van der Waals surface area contributed by atoms with Crippen molar-refractivity contribution in [2.75, 3.05) is 31.7 Å². The van der Waals surface area contributed by atoms with Crippen molar-refractivity contribution < 1.29 is 4.74 Å². The van der Waals surface area contributed by atoms with Gasteiger partial charge in [0, 0.05) is 33.0 Å². The van der Waals surface area contributed by atoms with E-state index in [2.05, 4.69) is 9.97 Å². The van der Waals surface area contributed by atoms with Crippen LogP contribution in [0.25, 0.3) is 0 Å². The summed E-state index contributed by atoms with van der Waals surface area (Å²) in [5.41, 5.74) is 5.90. The van der Waals surface area contributed by atoms with Gasteiger partial charge in [0.15, 0.2) is 0 Å². The minimum Gasteiger partial charge on any atom is -0.382 e. The summed E-state index contributed by atoms with van der Waals surface area (Å²) >= 11 is 0. The Morgan fingerprint density at radius 2 is 2.28 bits per heavy atom. The van der Waals surface area contributed by atoms with Crippen LogP contribution in [0.15, 0.2) is 12.3 Å². The molecule has 1 saturated heterocycles. The van der Waals surface area contributed by atoms with Gasteiger partial charge >= 0.3 is 0 Å². The van der Waals surface area contributed by atoms with Crippen LogP contribution >= 0.6 is 0 Å². The van der Waals surface area contributed by atoms with Crippen LogP contribution in [0, 0.1) is 11.3 Å². The summed E-state index contributed by atoms with van der Waals surface area (Å²) in [5.74, 6) is 1.21. The number of nitrogens with two attached hydrogens (primary N) is 1. The molecule has 0 bridgehead atoms. The summed E-state index contributed by atoms with van der Waals surface area (Å²) in [6.07, 6.45) is 3.80. The molecule has 1 aliphatic rings. The Hall–Kier alpha value is -1.69. The second kappa shape index (κ2) is 5.77. The third-order valence-corrected chi connectivity index (χ3v) is 3.13. The molecule has 1 aromatic heterocycles. The average molecular weight is 249 g/mol. The normalized spacial score (nSPS) is 16.5. The van der Waals surface area contributed by atoms with Crippen molar-refractivity contribution in [3.8, 4) is 0 Å². The molecule has 1 aliphatic heterocycles. The van der Waals surface area contributed by atoms with Crippen LogP contribution in [0.3, 0.4) is 0 Å². The Bertz CT molecular complexity index is 417. The first-order chi connectivity index (χ1) is 8.66. The van der Waals surface area contributed by atoms with E-state index in [-0.39, 0.29) is 5.84 Å². The smallest absolute Gasteiger partial charge is 0.225 e. The summed E-state index contributed by atoms with van der Waals surface area (Å²) in [6, 6.07) is 1.65. The molecule has 3 N–H and O–H groups in total. The van der Waals surface area contributed by atoms with Gasteiger partial charge in [-0.15, -0.1) is 0 Å². The number of aromatic nitrogens is 2. The fourth-order valence-corrected chi connectivity index (χ4v) is 2.08. The third kappa shape index (κ3) is 3.16. The number of rotatable bonds is 4. The van der Waals surface area contributed by atoms with Crippen LogP contribution in [0.1, 0.15) is 18.5 Å². The number of hydrogen-bond acceptors (Lipinski definition) is 5. The average Bonchev–Trinajstić information content (AvgIpc) is 2.40. The SMILES string of the molecule is CN(CC1CCOCC1)c1nccc(C(=N)N)n1. The topological polar surface area (TPSA) is 88.1 Å². The number of nitrogens with one attached hydrogen (secondary N) is 1. The molecule has 2 rings (SSSR count). The second-order valence-electron chi connectivity index (χ2n) is 4.59. The molecule has 0 spiro atoms. The van der Waals surface area contributed by atoms with Gasteiger partial charge < -0.3 is 15.4 Å². The molecular formula is C12H19N5O. The number of amidine groups is 1. The van der Waals surface area contributed by atoms with Crippen LogP contribution in [-0.2, 0) is 4.74 Å². The quantitative estimate of drug-likeness (QED) is 0.603. The Balaban J connectivity index is 2.01. The lowest BCUT2D eigenvalue weighted by atomic mass is 10.00. The number of nitrogen functional groups attached to an aromatic ring is 1. The zero-order valence-corrected chi connectivity index (χ0v) is 10.6. The van der Waals surface area contributed by atoms with E-state index in [0.717, 1.165) is 32.6 Å². The molecule has 0 radical (unpaired) electrons. The molecule has 18 heavy (non-hydrogen) atoms. The van der Waals surface area contributed by atoms with Gasteiger partial charge in [-0.05, 0) is 24.8 Å². The highest BCUT2D eigenvalue weighted by Gasteiger charge is 2.17. The molecule has 0 saturated carbocycles. The molecule has 0 aliphatic carbocycles. The molecule has 0 amide bonds. The molecule has 98 valence electrons. The number of anilines is 1. The fraction of sp³-hybridized carbons (Fsp3) is 0.583. The Morgan fingerprint density at radius 1 is 1.56 bits per heavy atom. The summed E-state index contributed by atoms with van der Waals surface area (Å²) in [4.78, 5) is 10.5. The largest absolute Gasteiger partial charge is 0.382 e. The molecule has 0 unspecified atom stereocenters. The van der Waals surface area contributed by atoms with E-state index in [1.54, 1.807) is 12.3 Å². The van der Waals surface area contributed by atoms with Crippen LogP contribution in [0.4, 0.5) is 5.95 Å². The van der Waals surface area contributed by atoms with Crippen LogP contribution < -0.4 is 10.6 Å². The van der Waals surface area contributed by atoms with E-state index >= 15 is 0 Å². The molecule has 6 heteroatoms. The van der Waals surface area contributed by atoms with E-state index in [1.807, 2.05) is 11.9 Å². The summed E-state index contributed by atoms with van der Waals surface area (Å²) in [6.45, 7) is 2.59. The van der Waals surface area contributed by atoms with E-state index in [9.17, 15) is 0 Å². The van der Waals surface area contributed by atoms with Crippen molar-refractivity contribution in [1.82, 2.24) is 9.97 Å². The number of ether oxygens (including phenoxy) is 1. The lowest BCUT2D eigenvalue weighted by Gasteiger charge is -2.27. The van der Waals surface area contributed by atoms with Crippen molar-refractivity contribution in [3.63, 3.8) is 0 Å². The van der Waals surface area contributed by atoms with Gasteiger partial charge in [0.05, 0.1) is 0 Å². The molecule has 0 aromatic carbocycles. The molecule has 1 fully saturated rings. The van der Waals surface area contributed by atoms with Gasteiger partial charge in [-0.2, -0.15) is 0 Å². The minimum absolute atomic E-state index is 0.0295. The predicted octanol–water partition coefficient (Wildman–Crippen LogP) is 0.623. The Kier molecular flexibility index (Phi) is 4.09. The molecule has 0 atom stereocenters. The van der Waals surface area contributed by atoms with Crippen molar-refractivity contribution >= 4 is 11.8 Å². The van der Waals surface area contributed by atoms with Crippen molar-refractivity contribution in [2.24, 2.45) is 11.7 Å². The van der Waals surface area contributed by atoms with Crippen LogP contribution in [0.5, 0.6) is 0 Å². The van der Waals surface area contributed by atoms with Gasteiger partial charge in [-0.25, -0.2) is 9.97 Å². The lowest BCUT2D eigenvalue weighted by Crippen LogP contribution is -2.31. The predicted molar refractivity (Wildman–Crippen MR) is 69.9 cm³/mol. The fourth-order valence-electron chi connectivity index (χ4n) is 2.08. The number of nitrogens with zero attached hydrogens (tertiary/aromatic N) is 3. The summed E-state index contributed by atoms with van der Waals surface area (Å²) in [7, 11) is 1.97. The number of hydrogen-bond donors (Lipinski definition) is 2. The maximum absolute atomic E-state index is 7.38. The first kappa shape index (κ1) is 12.8. The highest BCUT2D eigenvalue weighted by molar-refractivity contribution is 5.93. The highest BCUT2D eigenvalue weighted by atomic mass is 16.5. The van der Waals surface area contributed by atoms with E-state index in [0.29, 0.717) is 17.6 Å². The zero-order valence-electron chi connectivity index (χ0n) is 10.6. The molecule has 6 nitrogen and oxygen atoms in total. The monoisotopic (exact) mass is 249 g/mol. The Morgan fingerprint density at radius 3 is 2.94 bits per heavy atom. The highest BCUT2D eigenvalue weighted by Crippen LogP contribution is 2.17. The molecular weight excluding hydrogens is 230 g/mol. The van der Waals surface area contributed by atoms with E-state index in [4.69, 9.17) is 15.9 Å². The lowest BCUT2D eigenvalue weighted by molar-refractivity contribution is 0.0684. The first-order valence-corrected chi connectivity index (χ1v) is 6.13. The van der Waals surface area contributed by atoms with Gasteiger partial charge in [0.25, 0.3) is 0 Å². The third-order valence-electron chi connectivity index (χ3n) is 3.13. The second-order valence-corrected chi connectivity index (χ2v) is 4.59. The maximum atomic E-state index is 7.38. The van der Waals surface area contributed by atoms with Crippen LogP contribution in [0.2, 0.25) is 0 Å². The maximum Gasteiger partial charge on any atom is 0.225 e. The minimum atomic E-state index is -0.0295. The van der Waals surface area contributed by atoms with Gasteiger partial charge in [0.1, 0.15) is 11.5 Å². The van der Waals surface area contributed by atoms with Crippen molar-refractivity contribution in [2.45, 2.75) is 12.8 Å². The van der Waals surface area contributed by atoms with E-state index < -0.39 is 0 Å². The zero-order chi connectivity index (χ0) is 13.0. The van der Waals surface area contributed by atoms with E-state index in [1.165, 1.54) is 0 Å². The summed E-state index contributed by atoms with van der Waals surface area (Å²) < 4.78 is 5.34. The summed E-state index contributed by atoms with van der Waals surface area (Å²) in [5, 5.41) is 7.38. The Labute approximate surface area is 107 Å². The van der Waals surface area contributed by atoms with Crippen molar-refractivity contribution in [3.05, 3.63) is 18.0 Å². The van der Waals surface area contributed by atoms with Gasteiger partial charge in [0.2, 0.25) is 5.95 Å². The van der Waals surface area contributed by atoms with Gasteiger partial charge in [-0.3, -0.25) is 5.41 Å². The van der Waals surface area contributed by atoms with Crippen LogP contribution in [-0.4, -0.2) is 42.6 Å². The molecule has 1 aromatic rings. The standard InChI is InChI=1S/C12H19N5O/c1-17(8-9-3-6-18-7-4-9)12-15-5-2-10(16-12)11(13)14/h2,5,9H,3-4,6-8H2,1H3,(H3,13,14).